The van der Waals surface area contributed by atoms with Crippen LogP contribution in [-0.2, 0) is 4.74 Å². The summed E-state index contributed by atoms with van der Waals surface area (Å²) in [5, 5.41) is 9.42. The summed E-state index contributed by atoms with van der Waals surface area (Å²) in [5.74, 6) is 0. The van der Waals surface area contributed by atoms with E-state index in [1.54, 1.807) is 0 Å². The Labute approximate surface area is 55.8 Å². The minimum atomic E-state index is -0.448. The normalized spacial score (nSPS) is 23.3. The molecule has 1 N–H and O–H groups in total. The fourth-order valence-electron chi connectivity index (χ4n) is 1.02. The van der Waals surface area contributed by atoms with Crippen molar-refractivity contribution in [3.63, 3.8) is 0 Å². The van der Waals surface area contributed by atoms with Gasteiger partial charge in [-0.3, -0.25) is 0 Å². The summed E-state index contributed by atoms with van der Waals surface area (Å²) in [6.07, 6.45) is 3.00. The van der Waals surface area contributed by atoms with E-state index in [-0.39, 0.29) is 0 Å². The number of aliphatic hydroxyl groups is 1. The third-order valence-corrected chi connectivity index (χ3v) is 1.86. The van der Waals surface area contributed by atoms with Crippen LogP contribution in [0.4, 0.5) is 0 Å². The maximum absolute atomic E-state index is 9.42. The molecule has 0 amide bonds. The Morgan fingerprint density at radius 3 is 2.56 bits per heavy atom. The van der Waals surface area contributed by atoms with Gasteiger partial charge in [0.15, 0.2) is 0 Å². The number of hydrogen-bond donors (Lipinski definition) is 1. The molecule has 9 heavy (non-hydrogen) atoms. The van der Waals surface area contributed by atoms with Gasteiger partial charge in [-0.05, 0) is 26.2 Å². The molecule has 0 aromatic carbocycles. The molecule has 0 aromatic rings. The van der Waals surface area contributed by atoms with Crippen molar-refractivity contribution < 1.29 is 9.84 Å². The van der Waals surface area contributed by atoms with Gasteiger partial charge in [0.2, 0.25) is 0 Å². The van der Waals surface area contributed by atoms with Crippen molar-refractivity contribution in [2.75, 3.05) is 13.2 Å². The predicted octanol–water partition coefficient (Wildman–Crippen LogP) is 0.938. The highest BCUT2D eigenvalue weighted by Gasteiger charge is 2.34. The Bertz CT molecular complexity index is 86.9. The van der Waals surface area contributed by atoms with Crippen molar-refractivity contribution in [1.29, 1.82) is 0 Å². The lowest BCUT2D eigenvalue weighted by molar-refractivity contribution is -0.0936. The number of hydrogen-bond acceptors (Lipinski definition) is 2. The van der Waals surface area contributed by atoms with E-state index >= 15 is 0 Å². The lowest BCUT2D eigenvalue weighted by Gasteiger charge is -2.35. The summed E-state index contributed by atoms with van der Waals surface area (Å²) in [7, 11) is 0. The first kappa shape index (κ1) is 7.03. The summed E-state index contributed by atoms with van der Waals surface area (Å²) in [6, 6.07) is 0. The molecule has 0 saturated heterocycles. The second kappa shape index (κ2) is 2.67. The van der Waals surface area contributed by atoms with Crippen LogP contribution in [0.3, 0.4) is 0 Å². The highest BCUT2D eigenvalue weighted by atomic mass is 16.5. The maximum atomic E-state index is 9.42. The molecular formula is C7H14O2. The molecule has 0 aromatic heterocycles. The van der Waals surface area contributed by atoms with Gasteiger partial charge in [0, 0.05) is 6.61 Å². The Morgan fingerprint density at radius 2 is 2.22 bits per heavy atom. The van der Waals surface area contributed by atoms with Gasteiger partial charge in [-0.25, -0.2) is 0 Å². The first-order chi connectivity index (χ1) is 4.27. The second-order valence-electron chi connectivity index (χ2n) is 2.72. The minimum absolute atomic E-state index is 0.448. The van der Waals surface area contributed by atoms with E-state index in [0.717, 1.165) is 19.3 Å². The van der Waals surface area contributed by atoms with Gasteiger partial charge in [0.1, 0.15) is 0 Å². The molecule has 0 radical (unpaired) electrons. The van der Waals surface area contributed by atoms with E-state index in [1.165, 1.54) is 0 Å². The summed E-state index contributed by atoms with van der Waals surface area (Å²) in [5.41, 5.74) is -0.448. The molecule has 1 rings (SSSR count). The molecule has 0 aliphatic heterocycles. The molecule has 0 unspecified atom stereocenters. The molecule has 1 saturated carbocycles. The van der Waals surface area contributed by atoms with Crippen LogP contribution in [0.5, 0.6) is 0 Å². The van der Waals surface area contributed by atoms with E-state index in [9.17, 15) is 5.11 Å². The van der Waals surface area contributed by atoms with Crippen molar-refractivity contribution in [3.05, 3.63) is 0 Å². The van der Waals surface area contributed by atoms with Crippen LogP contribution < -0.4 is 0 Å². The van der Waals surface area contributed by atoms with Crippen molar-refractivity contribution in [1.82, 2.24) is 0 Å². The summed E-state index contributed by atoms with van der Waals surface area (Å²) in [6.45, 7) is 3.19. The van der Waals surface area contributed by atoms with Gasteiger partial charge in [-0.1, -0.05) is 0 Å². The Morgan fingerprint density at radius 1 is 1.56 bits per heavy atom. The van der Waals surface area contributed by atoms with E-state index < -0.39 is 5.60 Å². The zero-order valence-corrected chi connectivity index (χ0v) is 5.89. The largest absolute Gasteiger partial charge is 0.387 e. The summed E-state index contributed by atoms with van der Waals surface area (Å²) in [4.78, 5) is 0. The molecule has 2 heteroatoms. The topological polar surface area (TPSA) is 29.5 Å². The smallest absolute Gasteiger partial charge is 0.0880 e. The number of rotatable bonds is 3. The lowest BCUT2D eigenvalue weighted by Crippen LogP contribution is -2.41. The maximum Gasteiger partial charge on any atom is 0.0880 e. The Kier molecular flexibility index (Phi) is 2.09. The van der Waals surface area contributed by atoms with Gasteiger partial charge >= 0.3 is 0 Å². The molecule has 1 fully saturated rings. The van der Waals surface area contributed by atoms with Crippen LogP contribution in [0.25, 0.3) is 0 Å². The molecule has 54 valence electrons. The monoisotopic (exact) mass is 130 g/mol. The molecule has 0 spiro atoms. The highest BCUT2D eigenvalue weighted by Crippen LogP contribution is 2.31. The van der Waals surface area contributed by atoms with Gasteiger partial charge in [-0.2, -0.15) is 0 Å². The van der Waals surface area contributed by atoms with E-state index in [2.05, 4.69) is 0 Å². The average Bonchev–Trinajstić information content (AvgIpc) is 1.79. The lowest BCUT2D eigenvalue weighted by atomic mass is 9.81. The fraction of sp³-hybridized carbons (Fsp3) is 1.00. The molecule has 1 aliphatic carbocycles. The van der Waals surface area contributed by atoms with Crippen LogP contribution in [0.2, 0.25) is 0 Å². The molecule has 0 bridgehead atoms. The fourth-order valence-corrected chi connectivity index (χ4v) is 1.02. The van der Waals surface area contributed by atoms with E-state index in [1.807, 2.05) is 6.92 Å². The standard InChI is InChI=1S/C7H14O2/c1-2-9-6-7(8)4-3-5-7/h8H,2-6H2,1H3. The summed E-state index contributed by atoms with van der Waals surface area (Å²) < 4.78 is 5.09. The Hall–Kier alpha value is -0.0800. The minimum Gasteiger partial charge on any atom is -0.387 e. The van der Waals surface area contributed by atoms with Crippen molar-refractivity contribution in [2.45, 2.75) is 31.8 Å². The van der Waals surface area contributed by atoms with Gasteiger partial charge in [-0.15, -0.1) is 0 Å². The van der Waals surface area contributed by atoms with Gasteiger partial charge < -0.3 is 9.84 Å². The van der Waals surface area contributed by atoms with Crippen LogP contribution in [0.15, 0.2) is 0 Å². The third kappa shape index (κ3) is 1.66. The van der Waals surface area contributed by atoms with E-state index in [0.29, 0.717) is 13.2 Å². The van der Waals surface area contributed by atoms with Crippen LogP contribution in [-0.4, -0.2) is 23.9 Å². The highest BCUT2D eigenvalue weighted by molar-refractivity contribution is 4.86. The SMILES string of the molecule is CCOCC1(O)CCC1. The molecule has 1 aliphatic rings. The van der Waals surface area contributed by atoms with Crippen molar-refractivity contribution in [2.24, 2.45) is 0 Å². The Balaban J connectivity index is 2.09. The quantitative estimate of drug-likeness (QED) is 0.616. The molecular weight excluding hydrogens is 116 g/mol. The second-order valence-corrected chi connectivity index (χ2v) is 2.72. The molecule has 2 nitrogen and oxygen atoms in total. The average molecular weight is 130 g/mol. The van der Waals surface area contributed by atoms with Crippen molar-refractivity contribution in [3.8, 4) is 0 Å². The number of ether oxygens (including phenoxy) is 1. The summed E-state index contributed by atoms with van der Waals surface area (Å²) >= 11 is 0. The molecule has 0 heterocycles. The third-order valence-electron chi connectivity index (χ3n) is 1.86. The first-order valence-electron chi connectivity index (χ1n) is 3.57. The zero-order valence-electron chi connectivity index (χ0n) is 5.89. The van der Waals surface area contributed by atoms with Crippen LogP contribution >= 0.6 is 0 Å². The zero-order chi connectivity index (χ0) is 6.74. The van der Waals surface area contributed by atoms with E-state index in [4.69, 9.17) is 4.74 Å². The van der Waals surface area contributed by atoms with Gasteiger partial charge in [0.05, 0.1) is 12.2 Å². The van der Waals surface area contributed by atoms with Crippen molar-refractivity contribution >= 4 is 0 Å². The predicted molar refractivity (Wildman–Crippen MR) is 35.3 cm³/mol. The first-order valence-corrected chi connectivity index (χ1v) is 3.57. The van der Waals surface area contributed by atoms with Crippen LogP contribution in [0, 0.1) is 0 Å². The van der Waals surface area contributed by atoms with Gasteiger partial charge in [0.25, 0.3) is 0 Å². The van der Waals surface area contributed by atoms with Crippen LogP contribution in [0.1, 0.15) is 26.2 Å². The molecule has 0 atom stereocenters.